The van der Waals surface area contributed by atoms with Crippen LogP contribution in [0.15, 0.2) is 40.8 Å². The summed E-state index contributed by atoms with van der Waals surface area (Å²) in [5.74, 6) is 1.50. The Balaban J connectivity index is 1.90. The molecule has 29 heavy (non-hydrogen) atoms. The number of fused-ring (bicyclic) bond motifs is 1. The molecule has 2 aromatic carbocycles. The van der Waals surface area contributed by atoms with Gasteiger partial charge in [-0.25, -0.2) is 0 Å². The van der Waals surface area contributed by atoms with E-state index in [0.29, 0.717) is 18.2 Å². The smallest absolute Gasteiger partial charge is 0.244 e. The molecule has 0 saturated carbocycles. The van der Waals surface area contributed by atoms with Crippen LogP contribution in [0.5, 0.6) is 5.75 Å². The van der Waals surface area contributed by atoms with Crippen molar-refractivity contribution in [1.29, 1.82) is 0 Å². The largest absolute Gasteiger partial charge is 0.493 e. The van der Waals surface area contributed by atoms with Crippen LogP contribution in [0.4, 0.5) is 0 Å². The minimum atomic E-state index is -0.155. The number of halogens is 1. The zero-order valence-corrected chi connectivity index (χ0v) is 18.2. The number of rotatable bonds is 6. The molecule has 0 atom stereocenters. The first-order chi connectivity index (χ1) is 13.8. The number of carbonyl (C=O) groups is 1. The fourth-order valence-corrected chi connectivity index (χ4v) is 3.48. The highest BCUT2D eigenvalue weighted by Crippen LogP contribution is 2.38. The van der Waals surface area contributed by atoms with Gasteiger partial charge in [-0.15, -0.1) is 0 Å². The van der Waals surface area contributed by atoms with Crippen molar-refractivity contribution in [3.05, 3.63) is 69.4 Å². The summed E-state index contributed by atoms with van der Waals surface area (Å²) in [5.41, 5.74) is 5.63. The Morgan fingerprint density at radius 2 is 1.86 bits per heavy atom. The minimum absolute atomic E-state index is 0.155. The van der Waals surface area contributed by atoms with Gasteiger partial charge < -0.3 is 14.5 Å². The SMILES string of the molecule is CCOc1c(/C(C)=C/C(=O)NCc2ccc(Cl)cc2)cc2c(C)c(C)oc2c1C. The van der Waals surface area contributed by atoms with Gasteiger partial charge in [0.25, 0.3) is 0 Å². The van der Waals surface area contributed by atoms with Gasteiger partial charge in [0, 0.05) is 34.2 Å². The Kier molecular flexibility index (Phi) is 6.33. The first-order valence-corrected chi connectivity index (χ1v) is 10.1. The maximum absolute atomic E-state index is 12.5. The van der Waals surface area contributed by atoms with E-state index in [1.54, 1.807) is 6.08 Å². The highest BCUT2D eigenvalue weighted by atomic mass is 35.5. The summed E-state index contributed by atoms with van der Waals surface area (Å²) < 4.78 is 11.9. The molecule has 0 aliphatic carbocycles. The number of benzene rings is 2. The highest BCUT2D eigenvalue weighted by Gasteiger charge is 2.18. The van der Waals surface area contributed by atoms with Crippen molar-refractivity contribution >= 4 is 34.1 Å². The summed E-state index contributed by atoms with van der Waals surface area (Å²) >= 11 is 5.90. The van der Waals surface area contributed by atoms with E-state index < -0.39 is 0 Å². The van der Waals surface area contributed by atoms with Gasteiger partial charge in [-0.05, 0) is 69.5 Å². The molecule has 0 aliphatic rings. The van der Waals surface area contributed by atoms with E-state index in [-0.39, 0.29) is 5.91 Å². The van der Waals surface area contributed by atoms with Crippen LogP contribution in [0.25, 0.3) is 16.5 Å². The molecule has 1 aromatic heterocycles. The maximum atomic E-state index is 12.5. The molecule has 0 fully saturated rings. The van der Waals surface area contributed by atoms with Gasteiger partial charge in [-0.2, -0.15) is 0 Å². The zero-order valence-electron chi connectivity index (χ0n) is 17.5. The van der Waals surface area contributed by atoms with Crippen LogP contribution in [0.2, 0.25) is 5.02 Å². The van der Waals surface area contributed by atoms with Crippen molar-refractivity contribution in [1.82, 2.24) is 5.32 Å². The van der Waals surface area contributed by atoms with Crippen LogP contribution in [-0.4, -0.2) is 12.5 Å². The maximum Gasteiger partial charge on any atom is 0.244 e. The Hall–Kier alpha value is -2.72. The molecule has 3 rings (SSSR count). The molecule has 0 bridgehead atoms. The highest BCUT2D eigenvalue weighted by molar-refractivity contribution is 6.30. The van der Waals surface area contributed by atoms with Gasteiger partial charge in [0.05, 0.1) is 6.61 Å². The number of hydrogen-bond acceptors (Lipinski definition) is 3. The fourth-order valence-electron chi connectivity index (χ4n) is 3.35. The molecule has 3 aromatic rings. The number of carbonyl (C=O) groups excluding carboxylic acids is 1. The van der Waals surface area contributed by atoms with Crippen molar-refractivity contribution in [2.75, 3.05) is 6.61 Å². The molecule has 0 saturated heterocycles. The molecule has 152 valence electrons. The monoisotopic (exact) mass is 411 g/mol. The first kappa shape index (κ1) is 21.0. The second-order valence-corrected chi connectivity index (χ2v) is 7.58. The quantitative estimate of drug-likeness (QED) is 0.496. The van der Waals surface area contributed by atoms with E-state index in [1.165, 1.54) is 0 Å². The number of ether oxygens (including phenoxy) is 1. The van der Waals surface area contributed by atoms with Crippen molar-refractivity contribution in [3.8, 4) is 5.75 Å². The van der Waals surface area contributed by atoms with Crippen LogP contribution < -0.4 is 10.1 Å². The average Bonchev–Trinajstić information content (AvgIpc) is 2.98. The van der Waals surface area contributed by atoms with Gasteiger partial charge in [-0.3, -0.25) is 4.79 Å². The normalized spacial score (nSPS) is 11.7. The van der Waals surface area contributed by atoms with E-state index in [0.717, 1.165) is 50.3 Å². The van der Waals surface area contributed by atoms with E-state index in [9.17, 15) is 4.79 Å². The summed E-state index contributed by atoms with van der Waals surface area (Å²) in [6, 6.07) is 9.47. The Labute approximate surface area is 176 Å². The minimum Gasteiger partial charge on any atom is -0.493 e. The Morgan fingerprint density at radius 1 is 1.17 bits per heavy atom. The molecule has 0 spiro atoms. The molecule has 0 aliphatic heterocycles. The molecular weight excluding hydrogens is 386 g/mol. The lowest BCUT2D eigenvalue weighted by molar-refractivity contribution is -0.116. The number of amides is 1. The number of allylic oxidation sites excluding steroid dienone is 1. The lowest BCUT2D eigenvalue weighted by Crippen LogP contribution is -2.20. The third kappa shape index (κ3) is 4.48. The van der Waals surface area contributed by atoms with Crippen molar-refractivity contribution in [3.63, 3.8) is 0 Å². The van der Waals surface area contributed by atoms with Crippen LogP contribution in [-0.2, 0) is 11.3 Å². The second-order valence-electron chi connectivity index (χ2n) is 7.14. The third-order valence-electron chi connectivity index (χ3n) is 5.09. The fraction of sp³-hybridized carbons (Fsp3) is 0.292. The average molecular weight is 412 g/mol. The van der Waals surface area contributed by atoms with Crippen molar-refractivity contribution < 1.29 is 13.9 Å². The molecule has 0 unspecified atom stereocenters. The summed E-state index contributed by atoms with van der Waals surface area (Å²) in [6.45, 7) is 10.8. The second kappa shape index (κ2) is 8.75. The zero-order chi connectivity index (χ0) is 21.1. The Morgan fingerprint density at radius 3 is 2.52 bits per heavy atom. The lowest BCUT2D eigenvalue weighted by Gasteiger charge is -2.14. The van der Waals surface area contributed by atoms with Gasteiger partial charge in [0.2, 0.25) is 5.91 Å². The lowest BCUT2D eigenvalue weighted by atomic mass is 9.98. The van der Waals surface area contributed by atoms with Gasteiger partial charge in [0.15, 0.2) is 0 Å². The number of hydrogen-bond donors (Lipinski definition) is 1. The summed E-state index contributed by atoms with van der Waals surface area (Å²) in [4.78, 5) is 12.5. The number of aryl methyl sites for hydroxylation is 3. The van der Waals surface area contributed by atoms with Crippen LogP contribution in [0, 0.1) is 20.8 Å². The van der Waals surface area contributed by atoms with Gasteiger partial charge in [-0.1, -0.05) is 23.7 Å². The van der Waals surface area contributed by atoms with E-state index in [2.05, 4.69) is 11.4 Å². The third-order valence-corrected chi connectivity index (χ3v) is 5.34. The van der Waals surface area contributed by atoms with E-state index >= 15 is 0 Å². The van der Waals surface area contributed by atoms with E-state index in [4.69, 9.17) is 20.8 Å². The van der Waals surface area contributed by atoms with E-state index in [1.807, 2.05) is 58.9 Å². The number of furan rings is 1. The van der Waals surface area contributed by atoms with Gasteiger partial charge in [0.1, 0.15) is 17.1 Å². The van der Waals surface area contributed by atoms with Gasteiger partial charge >= 0.3 is 0 Å². The van der Waals surface area contributed by atoms with Crippen LogP contribution in [0.1, 0.15) is 41.9 Å². The van der Waals surface area contributed by atoms with Crippen LogP contribution >= 0.6 is 11.6 Å². The standard InChI is InChI=1S/C24H26ClNO3/c1-6-28-23-16(4)24-21(15(3)17(5)29-24)12-20(23)14(2)11-22(27)26-13-18-7-9-19(25)10-8-18/h7-12H,6,13H2,1-5H3,(H,26,27)/b14-11+. The summed E-state index contributed by atoms with van der Waals surface area (Å²) in [5, 5.41) is 4.64. The predicted octanol–water partition coefficient (Wildman–Crippen LogP) is 6.13. The van der Waals surface area contributed by atoms with Crippen molar-refractivity contribution in [2.45, 2.75) is 41.2 Å². The summed E-state index contributed by atoms with van der Waals surface area (Å²) in [6.07, 6.45) is 1.61. The number of nitrogens with one attached hydrogen (secondary N) is 1. The molecule has 5 heteroatoms. The first-order valence-electron chi connectivity index (χ1n) is 9.68. The van der Waals surface area contributed by atoms with Crippen molar-refractivity contribution in [2.24, 2.45) is 0 Å². The molecular formula is C24H26ClNO3. The molecule has 4 nitrogen and oxygen atoms in total. The van der Waals surface area contributed by atoms with Crippen LogP contribution in [0.3, 0.4) is 0 Å². The molecule has 1 amide bonds. The summed E-state index contributed by atoms with van der Waals surface area (Å²) in [7, 11) is 0. The molecule has 0 radical (unpaired) electrons. The Bertz CT molecular complexity index is 1080. The molecule has 1 N–H and O–H groups in total. The topological polar surface area (TPSA) is 51.5 Å². The molecule has 1 heterocycles. The predicted molar refractivity (Wildman–Crippen MR) is 119 cm³/mol.